The summed E-state index contributed by atoms with van der Waals surface area (Å²) < 4.78 is 2.22. The van der Waals surface area contributed by atoms with Crippen molar-refractivity contribution in [3.05, 3.63) is 47.9 Å². The van der Waals surface area contributed by atoms with Crippen LogP contribution in [0.15, 0.2) is 36.7 Å². The first-order valence-corrected chi connectivity index (χ1v) is 11.6. The molecule has 3 aliphatic heterocycles. The van der Waals surface area contributed by atoms with Gasteiger partial charge in [-0.1, -0.05) is 0 Å². The van der Waals surface area contributed by atoms with Crippen LogP contribution in [0.5, 0.6) is 0 Å². The zero-order valence-electron chi connectivity index (χ0n) is 16.9. The minimum atomic E-state index is -0.254. The molecule has 1 atom stereocenters. The van der Waals surface area contributed by atoms with E-state index in [1.165, 1.54) is 18.9 Å². The third kappa shape index (κ3) is 3.50. The van der Waals surface area contributed by atoms with Gasteiger partial charge in [-0.25, -0.2) is 14.8 Å². The highest BCUT2D eigenvalue weighted by atomic mass is 32.2. The van der Waals surface area contributed by atoms with Gasteiger partial charge in [0.1, 0.15) is 5.94 Å². The number of hydrazine groups is 1. The highest BCUT2D eigenvalue weighted by Gasteiger charge is 2.35. The van der Waals surface area contributed by atoms with E-state index in [-0.39, 0.29) is 11.9 Å². The number of carbonyl (C=O) groups is 1. The molecule has 3 aliphatic rings. The van der Waals surface area contributed by atoms with Gasteiger partial charge in [0.2, 0.25) is 0 Å². The lowest BCUT2D eigenvalue weighted by Gasteiger charge is -2.43. The number of amides is 1. The zero-order valence-corrected chi connectivity index (χ0v) is 17.7. The monoisotopic (exact) mass is 423 g/mol. The van der Waals surface area contributed by atoms with Crippen LogP contribution >= 0.6 is 11.8 Å². The highest BCUT2D eigenvalue weighted by Crippen LogP contribution is 2.36. The van der Waals surface area contributed by atoms with Gasteiger partial charge in [0, 0.05) is 68.2 Å². The van der Waals surface area contributed by atoms with Crippen LogP contribution in [0.25, 0.3) is 11.3 Å². The summed E-state index contributed by atoms with van der Waals surface area (Å²) in [5.41, 5.74) is 3.87. The fourth-order valence-corrected chi connectivity index (χ4v) is 5.80. The van der Waals surface area contributed by atoms with Gasteiger partial charge in [0.15, 0.2) is 0 Å². The molecule has 5 rings (SSSR count). The summed E-state index contributed by atoms with van der Waals surface area (Å²) >= 11 is 1.81. The molecule has 2 aromatic heterocycles. The molecule has 2 saturated heterocycles. The van der Waals surface area contributed by atoms with Crippen molar-refractivity contribution in [1.29, 1.82) is 0 Å². The third-order valence-corrected chi connectivity index (χ3v) is 7.17. The second-order valence-corrected chi connectivity index (χ2v) is 8.92. The van der Waals surface area contributed by atoms with Crippen LogP contribution in [-0.4, -0.2) is 75.1 Å². The molecule has 0 N–H and O–H groups in total. The van der Waals surface area contributed by atoms with Crippen molar-refractivity contribution in [1.82, 2.24) is 24.5 Å². The highest BCUT2D eigenvalue weighted by molar-refractivity contribution is 7.97. The number of aromatic nitrogens is 2. The number of pyridine rings is 1. The lowest BCUT2D eigenvalue weighted by atomic mass is 10.1. The second kappa shape index (κ2) is 8.40. The smallest absolute Gasteiger partial charge is 0.256 e. The summed E-state index contributed by atoms with van der Waals surface area (Å²) in [6.07, 6.45) is 7.52. The maximum absolute atomic E-state index is 13.6. The minimum absolute atomic E-state index is 0.00830. The number of nitrogens with zero attached hydrogens (tertiary/aromatic N) is 5. The molecule has 5 heterocycles. The Hall–Kier alpha value is -2.38. The number of carbonyl (C=O) groups excluding carboxylic acids is 2. The topological polar surface area (TPSA) is 61.7 Å². The first-order chi connectivity index (χ1) is 14.8. The standard InChI is InChI=1S/C22H25N5O2S/c28-11-5-18-14-25(24-7-1-2-8-24)9-10-26(18)22(29)19-12-20(17-4-3-6-23-13-17)27-16-30-15-21(19)27/h3-6,12-13,18H,1-2,7-10,14-16H2. The third-order valence-electron chi connectivity index (χ3n) is 6.26. The predicted octanol–water partition coefficient (Wildman–Crippen LogP) is 2.28. The van der Waals surface area contributed by atoms with Crippen LogP contribution < -0.4 is 0 Å². The number of piperazine rings is 1. The molecule has 0 bridgehead atoms. The van der Waals surface area contributed by atoms with Crippen LogP contribution in [0.4, 0.5) is 0 Å². The summed E-state index contributed by atoms with van der Waals surface area (Å²) in [4.78, 5) is 30.9. The van der Waals surface area contributed by atoms with Crippen molar-refractivity contribution in [2.24, 2.45) is 0 Å². The van der Waals surface area contributed by atoms with Gasteiger partial charge in [-0.2, -0.15) is 0 Å². The van der Waals surface area contributed by atoms with E-state index in [2.05, 4.69) is 19.6 Å². The molecule has 0 aromatic carbocycles. The summed E-state index contributed by atoms with van der Waals surface area (Å²) in [7, 11) is 0. The van der Waals surface area contributed by atoms with Crippen LogP contribution in [0, 0.1) is 0 Å². The van der Waals surface area contributed by atoms with Crippen LogP contribution in [-0.2, 0) is 16.4 Å². The number of hydrogen-bond donors (Lipinski definition) is 0. The van der Waals surface area contributed by atoms with E-state index in [4.69, 9.17) is 0 Å². The van der Waals surface area contributed by atoms with E-state index in [1.54, 1.807) is 6.20 Å². The lowest BCUT2D eigenvalue weighted by Crippen LogP contribution is -2.58. The Labute approximate surface area is 180 Å². The molecule has 1 amide bonds. The molecule has 0 radical (unpaired) electrons. The first kappa shape index (κ1) is 19.6. The van der Waals surface area contributed by atoms with Crippen molar-refractivity contribution in [2.75, 3.05) is 32.7 Å². The molecular formula is C22H25N5O2S. The van der Waals surface area contributed by atoms with Gasteiger partial charge < -0.3 is 9.47 Å². The summed E-state index contributed by atoms with van der Waals surface area (Å²) in [6, 6.07) is 5.69. The van der Waals surface area contributed by atoms with E-state index >= 15 is 0 Å². The second-order valence-electron chi connectivity index (χ2n) is 7.96. The Kier molecular flexibility index (Phi) is 5.48. The largest absolute Gasteiger partial charge is 0.333 e. The van der Waals surface area contributed by atoms with Gasteiger partial charge in [0.25, 0.3) is 5.91 Å². The molecule has 0 spiro atoms. The van der Waals surface area contributed by atoms with Crippen LogP contribution in [0.2, 0.25) is 0 Å². The Balaban J connectivity index is 1.43. The summed E-state index contributed by atoms with van der Waals surface area (Å²) in [6.45, 7) is 4.18. The Morgan fingerprint density at radius 3 is 2.83 bits per heavy atom. The van der Waals surface area contributed by atoms with Crippen LogP contribution in [0.1, 0.15) is 28.9 Å². The first-order valence-electron chi connectivity index (χ1n) is 10.5. The summed E-state index contributed by atoms with van der Waals surface area (Å²) in [5, 5.41) is 4.66. The lowest BCUT2D eigenvalue weighted by molar-refractivity contribution is -0.0475. The Bertz CT molecular complexity index is 979. The molecule has 30 heavy (non-hydrogen) atoms. The van der Waals surface area contributed by atoms with Crippen molar-refractivity contribution < 1.29 is 9.59 Å². The van der Waals surface area contributed by atoms with E-state index in [1.807, 2.05) is 47.0 Å². The van der Waals surface area contributed by atoms with Gasteiger partial charge in [-0.3, -0.25) is 9.78 Å². The van der Waals surface area contributed by atoms with Gasteiger partial charge in [-0.05, 0) is 31.0 Å². The molecule has 2 fully saturated rings. The van der Waals surface area contributed by atoms with Crippen LogP contribution in [0.3, 0.4) is 0 Å². The SMILES string of the molecule is O=C=CC1CN(N2CCCC2)CCN1C(=O)c1cc(-c2cccnc2)n2c1CSC2. The van der Waals surface area contributed by atoms with E-state index in [0.29, 0.717) is 13.1 Å². The fourth-order valence-electron chi connectivity index (χ4n) is 4.73. The van der Waals surface area contributed by atoms with Crippen molar-refractivity contribution in [3.8, 4) is 11.3 Å². The van der Waals surface area contributed by atoms with Crippen molar-refractivity contribution in [3.63, 3.8) is 0 Å². The fraction of sp³-hybridized carbons (Fsp3) is 0.455. The molecule has 8 heteroatoms. The molecule has 2 aromatic rings. The summed E-state index contributed by atoms with van der Waals surface area (Å²) in [5.74, 6) is 3.61. The quantitative estimate of drug-likeness (QED) is 0.703. The van der Waals surface area contributed by atoms with Gasteiger partial charge in [0.05, 0.1) is 23.2 Å². The predicted molar refractivity (Wildman–Crippen MR) is 116 cm³/mol. The van der Waals surface area contributed by atoms with Gasteiger partial charge in [-0.15, -0.1) is 11.8 Å². The number of hydrogen-bond acceptors (Lipinski definition) is 6. The van der Waals surface area contributed by atoms with E-state index < -0.39 is 0 Å². The molecular weight excluding hydrogens is 398 g/mol. The molecule has 1 unspecified atom stereocenters. The molecule has 156 valence electrons. The van der Waals surface area contributed by atoms with Crippen molar-refractivity contribution >= 4 is 23.6 Å². The zero-order chi connectivity index (χ0) is 20.5. The average molecular weight is 424 g/mol. The molecule has 0 saturated carbocycles. The Morgan fingerprint density at radius 1 is 1.20 bits per heavy atom. The van der Waals surface area contributed by atoms with E-state index in [0.717, 1.165) is 53.8 Å². The normalized spacial score (nSPS) is 22.1. The van der Waals surface area contributed by atoms with Gasteiger partial charge >= 0.3 is 0 Å². The minimum Gasteiger partial charge on any atom is -0.333 e. The number of fused-ring (bicyclic) bond motifs is 1. The molecule has 0 aliphatic carbocycles. The van der Waals surface area contributed by atoms with E-state index in [9.17, 15) is 9.59 Å². The molecule has 7 nitrogen and oxygen atoms in total. The average Bonchev–Trinajstić information content (AvgIpc) is 3.52. The maximum Gasteiger partial charge on any atom is 0.256 e. The van der Waals surface area contributed by atoms with Crippen molar-refractivity contribution in [2.45, 2.75) is 30.5 Å². The number of thioether (sulfide) groups is 1. The maximum atomic E-state index is 13.6. The Morgan fingerprint density at radius 2 is 2.07 bits per heavy atom. The number of rotatable bonds is 4.